The van der Waals surface area contributed by atoms with Crippen LogP contribution in [0.25, 0.3) is 0 Å². The summed E-state index contributed by atoms with van der Waals surface area (Å²) < 4.78 is 16.7. The van der Waals surface area contributed by atoms with Gasteiger partial charge in [0.1, 0.15) is 17.6 Å². The van der Waals surface area contributed by atoms with Crippen LogP contribution in [0.5, 0.6) is 0 Å². The molecule has 2 heterocycles. The summed E-state index contributed by atoms with van der Waals surface area (Å²) in [5.74, 6) is -2.76. The van der Waals surface area contributed by atoms with E-state index in [9.17, 15) is 19.5 Å². The molecule has 0 amide bonds. The highest BCUT2D eigenvalue weighted by Crippen LogP contribution is 2.79. The third kappa shape index (κ3) is 1.35. The fourth-order valence-electron chi connectivity index (χ4n) is 7.82. The molecule has 2 aliphatic heterocycles. The van der Waals surface area contributed by atoms with E-state index in [1.165, 1.54) is 7.11 Å². The Bertz CT molecular complexity index is 864. The number of hydrogen-bond acceptors (Lipinski definition) is 7. The largest absolute Gasteiger partial charge is 0.469 e. The molecular weight excluding hydrogens is 352 g/mol. The molecule has 0 aromatic carbocycles. The molecular formula is C20H22O7. The lowest BCUT2D eigenvalue weighted by Crippen LogP contribution is -2.57. The summed E-state index contributed by atoms with van der Waals surface area (Å²) in [5, 5.41) is 11.1. The number of aliphatic hydroxyl groups is 1. The maximum atomic E-state index is 13.4. The number of ether oxygens (including phenoxy) is 3. The van der Waals surface area contributed by atoms with E-state index < -0.39 is 58.0 Å². The summed E-state index contributed by atoms with van der Waals surface area (Å²) >= 11 is 0. The molecule has 1 spiro atoms. The summed E-state index contributed by atoms with van der Waals surface area (Å²) in [4.78, 5) is 39.4. The number of hydrogen-bond donors (Lipinski definition) is 1. The van der Waals surface area contributed by atoms with Gasteiger partial charge in [0.05, 0.1) is 18.6 Å². The van der Waals surface area contributed by atoms with E-state index in [-0.39, 0.29) is 11.7 Å². The minimum Gasteiger partial charge on any atom is -0.469 e. The van der Waals surface area contributed by atoms with Crippen LogP contribution in [0.4, 0.5) is 0 Å². The first-order valence-corrected chi connectivity index (χ1v) is 9.58. The van der Waals surface area contributed by atoms with Crippen molar-refractivity contribution in [1.29, 1.82) is 0 Å². The van der Waals surface area contributed by atoms with Crippen molar-refractivity contribution in [2.24, 2.45) is 28.6 Å². The number of fused-ring (bicyclic) bond motifs is 3. The molecule has 9 atom stereocenters. The second kappa shape index (κ2) is 4.15. The van der Waals surface area contributed by atoms with E-state index >= 15 is 0 Å². The van der Waals surface area contributed by atoms with Crippen LogP contribution in [-0.2, 0) is 28.6 Å². The maximum absolute atomic E-state index is 13.4. The van der Waals surface area contributed by atoms with Crippen molar-refractivity contribution in [3.63, 3.8) is 0 Å². The van der Waals surface area contributed by atoms with Crippen LogP contribution >= 0.6 is 0 Å². The molecule has 2 saturated heterocycles. The summed E-state index contributed by atoms with van der Waals surface area (Å²) in [6, 6.07) is 0. The Morgan fingerprint density at radius 3 is 2.81 bits per heavy atom. The molecule has 144 valence electrons. The zero-order chi connectivity index (χ0) is 19.1. The fraction of sp³-hybridized carbons (Fsp3) is 0.750. The van der Waals surface area contributed by atoms with Gasteiger partial charge in [-0.15, -0.1) is 0 Å². The van der Waals surface area contributed by atoms with Crippen LogP contribution in [-0.4, -0.2) is 53.3 Å². The van der Waals surface area contributed by atoms with E-state index in [2.05, 4.69) is 6.58 Å². The molecule has 0 aromatic heterocycles. The molecule has 0 unspecified atom stereocenters. The second-order valence-electron chi connectivity index (χ2n) is 9.60. The monoisotopic (exact) mass is 374 g/mol. The SMILES string of the molecule is C=C1C[C@]23C[C@@]1(O)CC[C@H]2[C@@]12OC(=O)[C@](C)([C@H]1[C@@H]3C(=O)OC)[C@H]1O[C@H]1C2=O. The highest BCUT2D eigenvalue weighted by molar-refractivity contribution is 6.05. The predicted molar refractivity (Wildman–Crippen MR) is 88.1 cm³/mol. The van der Waals surface area contributed by atoms with Crippen LogP contribution in [0, 0.1) is 28.6 Å². The topological polar surface area (TPSA) is 102 Å². The smallest absolute Gasteiger partial charge is 0.316 e. The number of carbonyl (C=O) groups is 3. The molecule has 6 aliphatic rings. The molecule has 7 nitrogen and oxygen atoms in total. The molecule has 1 N–H and O–H groups in total. The highest BCUT2D eigenvalue weighted by atomic mass is 16.6. The number of Topliss-reactive ketones (excluding diaryl/α,β-unsaturated/α-hetero) is 1. The van der Waals surface area contributed by atoms with Crippen LogP contribution in [0.2, 0.25) is 0 Å². The van der Waals surface area contributed by atoms with Gasteiger partial charge in [0.25, 0.3) is 0 Å². The van der Waals surface area contributed by atoms with E-state index in [4.69, 9.17) is 14.2 Å². The normalized spacial score (nSPS) is 59.1. The zero-order valence-corrected chi connectivity index (χ0v) is 15.3. The summed E-state index contributed by atoms with van der Waals surface area (Å²) in [6.07, 6.45) is 0.604. The van der Waals surface area contributed by atoms with E-state index in [1.807, 2.05) is 0 Å². The quantitative estimate of drug-likeness (QED) is 0.406. The summed E-state index contributed by atoms with van der Waals surface area (Å²) in [5.41, 5.74) is -3.40. The van der Waals surface area contributed by atoms with Gasteiger partial charge in [-0.1, -0.05) is 6.58 Å². The molecule has 7 heteroatoms. The van der Waals surface area contributed by atoms with Gasteiger partial charge in [0.2, 0.25) is 5.78 Å². The first-order chi connectivity index (χ1) is 12.7. The Kier molecular flexibility index (Phi) is 2.50. The average Bonchev–Trinajstić information content (AvgIpc) is 3.31. The van der Waals surface area contributed by atoms with Crippen molar-refractivity contribution < 1.29 is 33.7 Å². The number of methoxy groups -OCH3 is 1. The van der Waals surface area contributed by atoms with Crippen LogP contribution in [0.15, 0.2) is 12.2 Å². The Morgan fingerprint density at radius 1 is 1.37 bits per heavy atom. The first kappa shape index (κ1) is 16.2. The van der Waals surface area contributed by atoms with Gasteiger partial charge >= 0.3 is 11.9 Å². The fourth-order valence-corrected chi connectivity index (χ4v) is 7.82. The molecule has 4 bridgehead atoms. The minimum atomic E-state index is -1.35. The standard InChI is InChI=1S/C20H22O7/c1-8-6-18-7-19(8,24)5-4-9(18)20-12(10(18)15(22)25-3)17(2,16(23)27-20)14-11(26-14)13(20)21/h9-12,14,24H,1,4-7H2,2-3H3/t9-,10-,11+,12-,14+,17-,18+,19+,20-/m1/s1. The molecule has 0 radical (unpaired) electrons. The van der Waals surface area contributed by atoms with Crippen LogP contribution in [0.1, 0.15) is 32.6 Å². The number of esters is 2. The van der Waals surface area contributed by atoms with Gasteiger partial charge in [0.15, 0.2) is 5.60 Å². The van der Waals surface area contributed by atoms with Crippen molar-refractivity contribution in [2.45, 2.75) is 56.0 Å². The Hall–Kier alpha value is -1.73. The van der Waals surface area contributed by atoms with Crippen molar-refractivity contribution in [2.75, 3.05) is 7.11 Å². The van der Waals surface area contributed by atoms with Crippen LogP contribution < -0.4 is 0 Å². The zero-order valence-electron chi connectivity index (χ0n) is 15.3. The second-order valence-corrected chi connectivity index (χ2v) is 9.60. The lowest BCUT2D eigenvalue weighted by molar-refractivity contribution is -0.171. The number of rotatable bonds is 1. The van der Waals surface area contributed by atoms with Crippen molar-refractivity contribution >= 4 is 17.7 Å². The van der Waals surface area contributed by atoms with E-state index in [1.54, 1.807) is 6.92 Å². The highest BCUT2D eigenvalue weighted by Gasteiger charge is 2.91. The third-order valence-corrected chi connectivity index (χ3v) is 8.82. The lowest BCUT2D eigenvalue weighted by Gasteiger charge is -2.44. The van der Waals surface area contributed by atoms with Gasteiger partial charge < -0.3 is 19.3 Å². The number of epoxide rings is 1. The summed E-state index contributed by atoms with van der Waals surface area (Å²) in [7, 11) is 1.33. The van der Waals surface area contributed by atoms with Crippen LogP contribution in [0.3, 0.4) is 0 Å². The number of carbonyl (C=O) groups excluding carboxylic acids is 3. The van der Waals surface area contributed by atoms with E-state index in [0.29, 0.717) is 31.3 Å². The Labute approximate surface area is 156 Å². The molecule has 4 saturated carbocycles. The van der Waals surface area contributed by atoms with Gasteiger partial charge in [-0.05, 0) is 43.6 Å². The molecule has 6 fully saturated rings. The predicted octanol–water partition coefficient (Wildman–Crippen LogP) is 0.535. The van der Waals surface area contributed by atoms with Crippen molar-refractivity contribution in [3.05, 3.63) is 12.2 Å². The van der Waals surface area contributed by atoms with Gasteiger partial charge in [-0.25, -0.2) is 0 Å². The maximum Gasteiger partial charge on any atom is 0.316 e. The van der Waals surface area contributed by atoms with Crippen molar-refractivity contribution in [1.82, 2.24) is 0 Å². The summed E-state index contributed by atoms with van der Waals surface area (Å²) in [6.45, 7) is 5.84. The Morgan fingerprint density at radius 2 is 2.11 bits per heavy atom. The van der Waals surface area contributed by atoms with Gasteiger partial charge in [0, 0.05) is 11.8 Å². The number of ketones is 1. The van der Waals surface area contributed by atoms with Crippen molar-refractivity contribution in [3.8, 4) is 0 Å². The Balaban J connectivity index is 1.64. The lowest BCUT2D eigenvalue weighted by atomic mass is 9.60. The third-order valence-electron chi connectivity index (χ3n) is 8.82. The molecule has 4 aliphatic carbocycles. The first-order valence-electron chi connectivity index (χ1n) is 9.58. The molecule has 6 rings (SSSR count). The van der Waals surface area contributed by atoms with Gasteiger partial charge in [-0.3, -0.25) is 14.4 Å². The minimum absolute atomic E-state index is 0.209. The van der Waals surface area contributed by atoms with E-state index in [0.717, 1.165) is 0 Å². The average molecular weight is 374 g/mol. The molecule has 27 heavy (non-hydrogen) atoms. The molecule has 0 aromatic rings. The van der Waals surface area contributed by atoms with Gasteiger partial charge in [-0.2, -0.15) is 0 Å².